The summed E-state index contributed by atoms with van der Waals surface area (Å²) in [5.41, 5.74) is 8.37. The molecule has 0 aromatic heterocycles. The highest BCUT2D eigenvalue weighted by molar-refractivity contribution is 5.85. The van der Waals surface area contributed by atoms with Gasteiger partial charge in [0.15, 0.2) is 0 Å². The lowest BCUT2D eigenvalue weighted by Gasteiger charge is -2.25. The Bertz CT molecular complexity index is 468. The van der Waals surface area contributed by atoms with Crippen LogP contribution in [0.25, 0.3) is 0 Å². The third-order valence-corrected chi connectivity index (χ3v) is 3.85. The lowest BCUT2D eigenvalue weighted by atomic mass is 10.1. The molecule has 1 aromatic rings. The largest absolute Gasteiger partial charge is 0.367 e. The van der Waals surface area contributed by atoms with Crippen LogP contribution in [0.15, 0.2) is 24.3 Å². The Balaban J connectivity index is 0.00000220. The van der Waals surface area contributed by atoms with E-state index in [1.54, 1.807) is 0 Å². The molecule has 0 bridgehead atoms. The summed E-state index contributed by atoms with van der Waals surface area (Å²) in [5, 5.41) is 2.98. The van der Waals surface area contributed by atoms with Crippen molar-refractivity contribution in [3.63, 3.8) is 0 Å². The van der Waals surface area contributed by atoms with Crippen LogP contribution in [0.5, 0.6) is 0 Å². The number of nitrogens with one attached hydrogen (secondary N) is 1. The van der Waals surface area contributed by atoms with Crippen LogP contribution < -0.4 is 16.0 Å². The molecule has 1 aromatic carbocycles. The van der Waals surface area contributed by atoms with Crippen LogP contribution in [0, 0.1) is 0 Å². The maximum atomic E-state index is 11.7. The quantitative estimate of drug-likeness (QED) is 0.831. The second-order valence-corrected chi connectivity index (χ2v) is 5.74. The zero-order valence-corrected chi connectivity index (χ0v) is 14.9. The first-order valence-corrected chi connectivity index (χ1v) is 7.44. The number of rotatable bonds is 6. The Morgan fingerprint density at radius 1 is 1.41 bits per heavy atom. The van der Waals surface area contributed by atoms with Crippen molar-refractivity contribution in [1.29, 1.82) is 0 Å². The van der Waals surface area contributed by atoms with Gasteiger partial charge in [0.25, 0.3) is 0 Å². The van der Waals surface area contributed by atoms with E-state index in [4.69, 9.17) is 5.73 Å². The molecular formula is C16H27Cl2N3O. The second kappa shape index (κ2) is 9.93. The molecule has 0 fully saturated rings. The molecule has 1 aliphatic heterocycles. The Hall–Kier alpha value is -0.970. The maximum Gasteiger partial charge on any atom is 0.220 e. The average Bonchev–Trinajstić information content (AvgIpc) is 2.73. The first kappa shape index (κ1) is 21.0. The highest BCUT2D eigenvalue weighted by Crippen LogP contribution is 2.31. The minimum absolute atomic E-state index is 0. The van der Waals surface area contributed by atoms with Crippen molar-refractivity contribution in [2.45, 2.75) is 45.2 Å². The predicted molar refractivity (Wildman–Crippen MR) is 97.3 cm³/mol. The van der Waals surface area contributed by atoms with E-state index in [0.717, 1.165) is 19.4 Å². The number of hydrogen-bond donors (Lipinski definition) is 2. The molecule has 4 nitrogen and oxygen atoms in total. The fourth-order valence-electron chi connectivity index (χ4n) is 2.73. The van der Waals surface area contributed by atoms with Crippen molar-refractivity contribution in [3.8, 4) is 0 Å². The molecule has 3 N–H and O–H groups in total. The number of anilines is 1. The van der Waals surface area contributed by atoms with Crippen molar-refractivity contribution in [3.05, 3.63) is 29.8 Å². The number of amides is 1. The van der Waals surface area contributed by atoms with E-state index < -0.39 is 0 Å². The van der Waals surface area contributed by atoms with E-state index in [2.05, 4.69) is 41.4 Å². The molecule has 6 heteroatoms. The van der Waals surface area contributed by atoms with E-state index >= 15 is 0 Å². The number of nitrogens with zero attached hydrogens (tertiary/aromatic N) is 1. The van der Waals surface area contributed by atoms with Gasteiger partial charge in [0.2, 0.25) is 5.91 Å². The summed E-state index contributed by atoms with van der Waals surface area (Å²) in [6.45, 7) is 5.71. The van der Waals surface area contributed by atoms with Gasteiger partial charge in [0, 0.05) is 37.3 Å². The van der Waals surface area contributed by atoms with Gasteiger partial charge in [-0.2, -0.15) is 0 Å². The Morgan fingerprint density at radius 3 is 2.77 bits per heavy atom. The molecule has 22 heavy (non-hydrogen) atoms. The predicted octanol–water partition coefficient (Wildman–Crippen LogP) is 2.52. The van der Waals surface area contributed by atoms with Gasteiger partial charge in [0.1, 0.15) is 0 Å². The summed E-state index contributed by atoms with van der Waals surface area (Å²) in [7, 11) is 0. The highest BCUT2D eigenvalue weighted by atomic mass is 35.5. The van der Waals surface area contributed by atoms with E-state index in [0.29, 0.717) is 19.0 Å². The van der Waals surface area contributed by atoms with E-state index in [9.17, 15) is 4.79 Å². The zero-order chi connectivity index (χ0) is 14.5. The molecule has 0 saturated heterocycles. The van der Waals surface area contributed by atoms with Gasteiger partial charge in [0.05, 0.1) is 0 Å². The van der Waals surface area contributed by atoms with Gasteiger partial charge < -0.3 is 16.0 Å². The molecule has 2 rings (SSSR count). The van der Waals surface area contributed by atoms with Crippen LogP contribution in [0.2, 0.25) is 0 Å². The molecule has 0 aliphatic carbocycles. The summed E-state index contributed by atoms with van der Waals surface area (Å²) in [6, 6.07) is 9.11. The minimum Gasteiger partial charge on any atom is -0.367 e. The van der Waals surface area contributed by atoms with Crippen LogP contribution in [0.1, 0.15) is 32.3 Å². The molecule has 1 amide bonds. The Labute approximate surface area is 145 Å². The van der Waals surface area contributed by atoms with E-state index in [1.807, 2.05) is 6.92 Å². The molecule has 0 radical (unpaired) electrons. The monoisotopic (exact) mass is 347 g/mol. The zero-order valence-electron chi connectivity index (χ0n) is 13.2. The fourth-order valence-corrected chi connectivity index (χ4v) is 2.73. The number of halogens is 2. The maximum absolute atomic E-state index is 11.7. The number of carbonyl (C=O) groups excluding carboxylic acids is 1. The fraction of sp³-hybridized carbons (Fsp3) is 0.562. The number of hydrogen-bond acceptors (Lipinski definition) is 3. The molecule has 0 saturated carbocycles. The first-order valence-electron chi connectivity index (χ1n) is 7.44. The molecule has 2 atom stereocenters. The van der Waals surface area contributed by atoms with Crippen molar-refractivity contribution >= 4 is 36.4 Å². The number of fused-ring (bicyclic) bond motifs is 1. The van der Waals surface area contributed by atoms with Crippen molar-refractivity contribution < 1.29 is 4.79 Å². The smallest absolute Gasteiger partial charge is 0.220 e. The molecule has 1 heterocycles. The summed E-state index contributed by atoms with van der Waals surface area (Å²) in [4.78, 5) is 14.0. The van der Waals surface area contributed by atoms with Crippen LogP contribution in [-0.2, 0) is 11.2 Å². The number of carbonyl (C=O) groups is 1. The Kier molecular flexibility index (Phi) is 9.49. The molecule has 126 valence electrons. The van der Waals surface area contributed by atoms with E-state index in [1.165, 1.54) is 11.3 Å². The topological polar surface area (TPSA) is 58.4 Å². The summed E-state index contributed by atoms with van der Waals surface area (Å²) in [5.74, 6) is 0.0995. The minimum atomic E-state index is 0. The third-order valence-electron chi connectivity index (χ3n) is 3.85. The summed E-state index contributed by atoms with van der Waals surface area (Å²) < 4.78 is 0. The van der Waals surface area contributed by atoms with Crippen LogP contribution in [0.3, 0.4) is 0 Å². The first-order chi connectivity index (χ1) is 9.58. The van der Waals surface area contributed by atoms with Gasteiger partial charge in [-0.3, -0.25) is 4.79 Å². The lowest BCUT2D eigenvalue weighted by molar-refractivity contribution is -0.121. The van der Waals surface area contributed by atoms with Gasteiger partial charge in [-0.25, -0.2) is 0 Å². The molecule has 0 spiro atoms. The Morgan fingerprint density at radius 2 is 2.09 bits per heavy atom. The van der Waals surface area contributed by atoms with Crippen molar-refractivity contribution in [2.75, 3.05) is 18.0 Å². The van der Waals surface area contributed by atoms with Gasteiger partial charge in [-0.1, -0.05) is 18.2 Å². The van der Waals surface area contributed by atoms with Crippen molar-refractivity contribution in [1.82, 2.24) is 5.32 Å². The molecule has 1 aliphatic rings. The number of benzene rings is 1. The third kappa shape index (κ3) is 5.67. The van der Waals surface area contributed by atoms with Gasteiger partial charge in [-0.05, 0) is 38.3 Å². The van der Waals surface area contributed by atoms with E-state index in [-0.39, 0.29) is 36.8 Å². The highest BCUT2D eigenvalue weighted by Gasteiger charge is 2.24. The SMILES string of the molecule is CC(N)CCC(=O)NCCN1c2ccccc2CC1C.Cl.Cl. The normalized spacial score (nSPS) is 17.0. The van der Waals surface area contributed by atoms with Crippen LogP contribution in [0.4, 0.5) is 5.69 Å². The second-order valence-electron chi connectivity index (χ2n) is 5.74. The summed E-state index contributed by atoms with van der Waals surface area (Å²) in [6.07, 6.45) is 2.35. The molecule has 2 unspecified atom stereocenters. The van der Waals surface area contributed by atoms with Gasteiger partial charge >= 0.3 is 0 Å². The van der Waals surface area contributed by atoms with Crippen molar-refractivity contribution in [2.24, 2.45) is 5.73 Å². The van der Waals surface area contributed by atoms with Crippen LogP contribution in [-0.4, -0.2) is 31.1 Å². The number of nitrogens with two attached hydrogens (primary N) is 1. The number of para-hydroxylation sites is 1. The van der Waals surface area contributed by atoms with Crippen LogP contribution >= 0.6 is 24.8 Å². The van der Waals surface area contributed by atoms with Gasteiger partial charge in [-0.15, -0.1) is 24.8 Å². The molecular weight excluding hydrogens is 321 g/mol. The summed E-state index contributed by atoms with van der Waals surface area (Å²) >= 11 is 0. The standard InChI is InChI=1S/C16H25N3O.2ClH/c1-12(17)7-8-16(20)18-9-10-19-13(2)11-14-5-3-4-6-15(14)19;;/h3-6,12-13H,7-11,17H2,1-2H3,(H,18,20);2*1H. The average molecular weight is 348 g/mol. The lowest BCUT2D eigenvalue weighted by Crippen LogP contribution is -2.38.